The van der Waals surface area contributed by atoms with E-state index in [0.29, 0.717) is 37.8 Å². The summed E-state index contributed by atoms with van der Waals surface area (Å²) in [7, 11) is 0. The first kappa shape index (κ1) is 34.0. The van der Waals surface area contributed by atoms with Gasteiger partial charge in [-0.2, -0.15) is 4.98 Å². The van der Waals surface area contributed by atoms with Crippen molar-refractivity contribution >= 4 is 17.1 Å². The molecule has 53 heavy (non-hydrogen) atoms. The number of imidazole rings is 1. The molecule has 1 fully saturated rings. The number of anilines is 1. The van der Waals surface area contributed by atoms with Gasteiger partial charge in [-0.1, -0.05) is 158 Å². The smallest absolute Gasteiger partial charge is 0.280 e. The van der Waals surface area contributed by atoms with Crippen molar-refractivity contribution in [2.24, 2.45) is 5.92 Å². The molecular weight excluding hydrogens is 659 g/mol. The molecule has 1 saturated carbocycles. The quantitative estimate of drug-likeness (QED) is 0.0927. The molecule has 264 valence electrons. The molecule has 0 aliphatic heterocycles. The lowest BCUT2D eigenvalue weighted by Gasteiger charge is -2.37. The highest BCUT2D eigenvalue weighted by atomic mass is 16.5. The van der Waals surface area contributed by atoms with Crippen LogP contribution < -0.4 is 10.9 Å². The SMILES string of the molecule is C=C1[C@H](COCc2ccccc2)[C@@H](OCc2ccccc2)C[C@@H]1n1cnc2c(=O)[nH]c(NC(c3ccccc3)(c3ccccc3)c3ccccc3)nc21. The van der Waals surface area contributed by atoms with Gasteiger partial charge in [-0.3, -0.25) is 9.78 Å². The molecule has 5 aromatic carbocycles. The van der Waals surface area contributed by atoms with Gasteiger partial charge in [-0.25, -0.2) is 4.98 Å². The molecule has 0 unspecified atom stereocenters. The fourth-order valence-electron chi connectivity index (χ4n) is 7.54. The van der Waals surface area contributed by atoms with Gasteiger partial charge in [0.15, 0.2) is 11.2 Å². The van der Waals surface area contributed by atoms with Gasteiger partial charge >= 0.3 is 0 Å². The van der Waals surface area contributed by atoms with Crippen LogP contribution in [0.4, 0.5) is 5.95 Å². The largest absolute Gasteiger partial charge is 0.376 e. The van der Waals surface area contributed by atoms with Crippen LogP contribution in [0.2, 0.25) is 0 Å². The summed E-state index contributed by atoms with van der Waals surface area (Å²) in [6.45, 7) is 6.01. The van der Waals surface area contributed by atoms with E-state index in [1.165, 1.54) is 0 Å². The van der Waals surface area contributed by atoms with Crippen LogP contribution in [0.1, 0.15) is 40.3 Å². The van der Waals surface area contributed by atoms with Crippen molar-refractivity contribution in [2.75, 3.05) is 11.9 Å². The Labute approximate surface area is 308 Å². The van der Waals surface area contributed by atoms with E-state index in [9.17, 15) is 4.79 Å². The van der Waals surface area contributed by atoms with E-state index < -0.39 is 5.54 Å². The number of fused-ring (bicyclic) bond motifs is 1. The minimum absolute atomic E-state index is 0.0774. The number of nitrogens with one attached hydrogen (secondary N) is 2. The number of aromatic nitrogens is 4. The summed E-state index contributed by atoms with van der Waals surface area (Å²) in [6.07, 6.45) is 2.17. The molecule has 1 aliphatic rings. The average Bonchev–Trinajstić information content (AvgIpc) is 3.78. The van der Waals surface area contributed by atoms with Gasteiger partial charge in [0.1, 0.15) is 5.54 Å². The minimum atomic E-state index is -0.882. The summed E-state index contributed by atoms with van der Waals surface area (Å²) in [5.41, 5.74) is 5.67. The number of aromatic amines is 1. The van der Waals surface area contributed by atoms with Crippen LogP contribution >= 0.6 is 0 Å². The molecular formula is C45H41N5O3. The Balaban J connectivity index is 1.16. The Morgan fingerprint density at radius 3 is 1.79 bits per heavy atom. The third-order valence-electron chi connectivity index (χ3n) is 10.2. The summed E-state index contributed by atoms with van der Waals surface area (Å²) >= 11 is 0. The van der Waals surface area contributed by atoms with Gasteiger partial charge in [0.25, 0.3) is 5.56 Å². The van der Waals surface area contributed by atoms with Crippen molar-refractivity contribution in [3.63, 3.8) is 0 Å². The standard InChI is InChI=1S/C45H41N5O3/c1-32-38(30-52-28-33-17-7-2-8-18-33)40(53-29-34-19-9-3-10-20-34)27-39(32)50-31-46-41-42(50)47-44(48-43(41)51)49-45(35-21-11-4-12-22-35,36-23-13-5-14-24-36)37-25-15-6-16-26-37/h2-26,31,38-40H,1,27-30H2,(H2,47,48,49,51)/t38-,39-,40-/m0/s1. The number of benzene rings is 5. The van der Waals surface area contributed by atoms with Gasteiger partial charge in [-0.05, 0) is 39.8 Å². The Morgan fingerprint density at radius 2 is 1.25 bits per heavy atom. The minimum Gasteiger partial charge on any atom is -0.376 e. The lowest BCUT2D eigenvalue weighted by atomic mass is 9.77. The summed E-state index contributed by atoms with van der Waals surface area (Å²) < 4.78 is 14.9. The first-order valence-corrected chi connectivity index (χ1v) is 18.0. The Morgan fingerprint density at radius 1 is 0.736 bits per heavy atom. The zero-order chi connectivity index (χ0) is 36.0. The number of hydrogen-bond acceptors (Lipinski definition) is 6. The van der Waals surface area contributed by atoms with Crippen molar-refractivity contribution in [3.05, 3.63) is 208 Å². The van der Waals surface area contributed by atoms with Crippen molar-refractivity contribution in [1.82, 2.24) is 19.5 Å². The second-order valence-corrected chi connectivity index (χ2v) is 13.5. The van der Waals surface area contributed by atoms with Crippen LogP contribution in [-0.2, 0) is 28.2 Å². The van der Waals surface area contributed by atoms with Crippen LogP contribution in [0.25, 0.3) is 11.2 Å². The molecule has 3 atom stereocenters. The van der Waals surface area contributed by atoms with Gasteiger partial charge in [0, 0.05) is 5.92 Å². The molecule has 8 rings (SSSR count). The molecule has 1 aliphatic carbocycles. The van der Waals surface area contributed by atoms with Crippen LogP contribution in [0.5, 0.6) is 0 Å². The summed E-state index contributed by atoms with van der Waals surface area (Å²) in [5, 5.41) is 3.72. The maximum absolute atomic E-state index is 13.8. The van der Waals surface area contributed by atoms with Crippen LogP contribution in [0, 0.1) is 5.92 Å². The van der Waals surface area contributed by atoms with Gasteiger partial charge < -0.3 is 19.4 Å². The summed E-state index contributed by atoms with van der Waals surface area (Å²) in [5.74, 6) is 0.246. The average molecular weight is 700 g/mol. The van der Waals surface area contributed by atoms with Crippen molar-refractivity contribution in [2.45, 2.75) is 37.3 Å². The molecule has 0 radical (unpaired) electrons. The van der Waals surface area contributed by atoms with E-state index in [1.54, 1.807) is 6.33 Å². The van der Waals surface area contributed by atoms with E-state index in [-0.39, 0.29) is 29.1 Å². The van der Waals surface area contributed by atoms with E-state index in [2.05, 4.69) is 82.5 Å². The number of hydrogen-bond donors (Lipinski definition) is 2. The molecule has 8 nitrogen and oxygen atoms in total. The topological polar surface area (TPSA) is 94.1 Å². The molecule has 8 heteroatoms. The Kier molecular flexibility index (Phi) is 9.79. The molecule has 0 amide bonds. The fraction of sp³-hybridized carbons (Fsp3) is 0.178. The van der Waals surface area contributed by atoms with E-state index in [1.807, 2.05) is 95.6 Å². The maximum Gasteiger partial charge on any atom is 0.280 e. The molecule has 2 aromatic heterocycles. The van der Waals surface area contributed by atoms with Crippen LogP contribution in [0.3, 0.4) is 0 Å². The van der Waals surface area contributed by atoms with Crippen LogP contribution in [-0.4, -0.2) is 32.2 Å². The first-order valence-electron chi connectivity index (χ1n) is 18.0. The molecule has 0 spiro atoms. The van der Waals surface area contributed by atoms with Crippen molar-refractivity contribution in [3.8, 4) is 0 Å². The van der Waals surface area contributed by atoms with Gasteiger partial charge in [-0.15, -0.1) is 0 Å². The second-order valence-electron chi connectivity index (χ2n) is 13.5. The normalized spacial score (nSPS) is 17.3. The third kappa shape index (κ3) is 6.94. The summed E-state index contributed by atoms with van der Waals surface area (Å²) in [6, 6.07) is 50.8. The Hall–Kier alpha value is -6.09. The highest BCUT2D eigenvalue weighted by Crippen LogP contribution is 2.43. The van der Waals surface area contributed by atoms with E-state index >= 15 is 0 Å². The zero-order valence-electron chi connectivity index (χ0n) is 29.3. The maximum atomic E-state index is 13.8. The van der Waals surface area contributed by atoms with E-state index in [4.69, 9.17) is 14.5 Å². The molecule has 2 N–H and O–H groups in total. The highest BCUT2D eigenvalue weighted by Gasteiger charge is 2.41. The number of rotatable bonds is 13. The zero-order valence-corrected chi connectivity index (χ0v) is 29.3. The number of ether oxygens (including phenoxy) is 2. The lowest BCUT2D eigenvalue weighted by Crippen LogP contribution is -2.39. The highest BCUT2D eigenvalue weighted by molar-refractivity contribution is 5.72. The lowest BCUT2D eigenvalue weighted by molar-refractivity contribution is -0.0122. The monoisotopic (exact) mass is 699 g/mol. The van der Waals surface area contributed by atoms with Gasteiger partial charge in [0.05, 0.1) is 38.3 Å². The number of H-pyrrole nitrogens is 1. The van der Waals surface area contributed by atoms with Gasteiger partial charge in [0.2, 0.25) is 5.95 Å². The second kappa shape index (κ2) is 15.3. The predicted molar refractivity (Wildman–Crippen MR) is 208 cm³/mol. The molecule has 0 saturated heterocycles. The van der Waals surface area contributed by atoms with E-state index in [0.717, 1.165) is 33.4 Å². The van der Waals surface area contributed by atoms with Crippen molar-refractivity contribution in [1.29, 1.82) is 0 Å². The predicted octanol–water partition coefficient (Wildman–Crippen LogP) is 8.44. The molecule has 0 bridgehead atoms. The first-order chi connectivity index (χ1) is 26.1. The fourth-order valence-corrected chi connectivity index (χ4v) is 7.54. The molecule has 2 heterocycles. The molecule has 7 aromatic rings. The van der Waals surface area contributed by atoms with Crippen molar-refractivity contribution < 1.29 is 9.47 Å². The third-order valence-corrected chi connectivity index (χ3v) is 10.2. The Bertz CT molecular complexity index is 2230. The number of nitrogens with zero attached hydrogens (tertiary/aromatic N) is 3. The summed E-state index contributed by atoms with van der Waals surface area (Å²) in [4.78, 5) is 26.5. The van der Waals surface area contributed by atoms with Crippen LogP contribution in [0.15, 0.2) is 175 Å².